The Morgan fingerprint density at radius 2 is 1.60 bits per heavy atom. The third-order valence-electron chi connectivity index (χ3n) is 6.47. The van der Waals surface area contributed by atoms with Gasteiger partial charge in [0.15, 0.2) is 0 Å². The molecule has 0 heterocycles. The molecule has 0 aliphatic heterocycles. The van der Waals surface area contributed by atoms with Crippen LogP contribution in [0.25, 0.3) is 0 Å². The highest BCUT2D eigenvalue weighted by molar-refractivity contribution is 7.92. The van der Waals surface area contributed by atoms with E-state index in [-0.39, 0.29) is 29.1 Å². The summed E-state index contributed by atoms with van der Waals surface area (Å²) in [5, 5.41) is 2.91. The van der Waals surface area contributed by atoms with Crippen LogP contribution in [0.1, 0.15) is 43.9 Å². The molecule has 214 valence electrons. The van der Waals surface area contributed by atoms with Gasteiger partial charge in [0.1, 0.15) is 18.3 Å². The van der Waals surface area contributed by atoms with E-state index in [1.165, 1.54) is 24.1 Å². The molecule has 8 nitrogen and oxygen atoms in total. The van der Waals surface area contributed by atoms with E-state index in [1.807, 2.05) is 65.0 Å². The summed E-state index contributed by atoms with van der Waals surface area (Å²) in [6.45, 7) is 8.97. The quantitative estimate of drug-likeness (QED) is 0.339. The molecule has 3 aromatic carbocycles. The molecular formula is C31H39N3O5S. The molecule has 0 bridgehead atoms. The first-order valence-electron chi connectivity index (χ1n) is 13.4. The van der Waals surface area contributed by atoms with Gasteiger partial charge in [-0.25, -0.2) is 8.42 Å². The molecule has 1 N–H and O–H groups in total. The molecule has 1 atom stereocenters. The van der Waals surface area contributed by atoms with Crippen LogP contribution in [-0.2, 0) is 26.2 Å². The van der Waals surface area contributed by atoms with Crippen LogP contribution in [0.2, 0.25) is 0 Å². The van der Waals surface area contributed by atoms with Crippen LogP contribution in [-0.4, -0.2) is 50.9 Å². The fraction of sp³-hybridized carbons (Fsp3) is 0.355. The number of sulfonamides is 1. The van der Waals surface area contributed by atoms with Crippen molar-refractivity contribution in [1.82, 2.24) is 10.2 Å². The first-order valence-corrected chi connectivity index (χ1v) is 14.8. The first-order chi connectivity index (χ1) is 19.0. The second kappa shape index (κ2) is 13.5. The number of nitrogens with zero attached hydrogens (tertiary/aromatic N) is 2. The van der Waals surface area contributed by atoms with Crippen molar-refractivity contribution >= 4 is 27.5 Å². The molecule has 3 aromatic rings. The van der Waals surface area contributed by atoms with E-state index in [9.17, 15) is 18.0 Å². The Morgan fingerprint density at radius 1 is 0.925 bits per heavy atom. The largest absolute Gasteiger partial charge is 0.495 e. The molecule has 0 aliphatic rings. The number of benzene rings is 3. The normalized spacial score (nSPS) is 12.1. The number of amides is 2. The molecular weight excluding hydrogens is 526 g/mol. The van der Waals surface area contributed by atoms with Gasteiger partial charge in [-0.1, -0.05) is 61.0 Å². The standard InChI is InChI=1S/C31H39N3O5S/c1-7-27(31(36)32-22(2)3)33(20-25-13-11-12-23(4)18-25)30(35)21-34(28-19-24(5)16-17-29(28)39-6)40(37,38)26-14-9-8-10-15-26/h8-19,22,27H,7,20-21H2,1-6H3,(H,32,36)/t27-/m1/s1. The lowest BCUT2D eigenvalue weighted by Gasteiger charge is -2.34. The van der Waals surface area contributed by atoms with Gasteiger partial charge in [-0.05, 0) is 69.5 Å². The third-order valence-corrected chi connectivity index (χ3v) is 8.24. The van der Waals surface area contributed by atoms with Gasteiger partial charge >= 0.3 is 0 Å². The Kier molecular flexibility index (Phi) is 10.3. The number of carbonyl (C=O) groups excluding carboxylic acids is 2. The number of anilines is 1. The minimum absolute atomic E-state index is 0.0428. The number of hydrogen-bond donors (Lipinski definition) is 1. The third kappa shape index (κ3) is 7.41. The Morgan fingerprint density at radius 3 is 2.20 bits per heavy atom. The highest BCUT2D eigenvalue weighted by Crippen LogP contribution is 2.33. The fourth-order valence-corrected chi connectivity index (χ4v) is 5.97. The average Bonchev–Trinajstić information content (AvgIpc) is 2.91. The van der Waals surface area contributed by atoms with E-state index >= 15 is 0 Å². The van der Waals surface area contributed by atoms with Gasteiger partial charge in [-0.2, -0.15) is 0 Å². The molecule has 0 unspecified atom stereocenters. The second-order valence-corrected chi connectivity index (χ2v) is 12.0. The molecule has 0 spiro atoms. The molecule has 0 radical (unpaired) electrons. The summed E-state index contributed by atoms with van der Waals surface area (Å²) in [4.78, 5) is 28.9. The molecule has 40 heavy (non-hydrogen) atoms. The summed E-state index contributed by atoms with van der Waals surface area (Å²) in [6.07, 6.45) is 0.356. The summed E-state index contributed by atoms with van der Waals surface area (Å²) < 4.78 is 34.6. The molecule has 0 fully saturated rings. The van der Waals surface area contributed by atoms with E-state index < -0.39 is 28.5 Å². The first kappa shape index (κ1) is 30.7. The van der Waals surface area contributed by atoms with Gasteiger partial charge in [0.05, 0.1) is 17.7 Å². The number of nitrogens with one attached hydrogen (secondary N) is 1. The lowest BCUT2D eigenvalue weighted by atomic mass is 10.1. The van der Waals surface area contributed by atoms with Crippen molar-refractivity contribution in [3.8, 4) is 5.75 Å². The molecule has 9 heteroatoms. The van der Waals surface area contributed by atoms with Crippen LogP contribution in [0.5, 0.6) is 5.75 Å². The van der Waals surface area contributed by atoms with E-state index in [0.29, 0.717) is 12.2 Å². The van der Waals surface area contributed by atoms with E-state index in [0.717, 1.165) is 21.0 Å². The maximum absolute atomic E-state index is 14.2. The topological polar surface area (TPSA) is 96.0 Å². The zero-order valence-corrected chi connectivity index (χ0v) is 24.9. The van der Waals surface area contributed by atoms with Crippen LogP contribution in [0.15, 0.2) is 77.7 Å². The number of aryl methyl sites for hydroxylation is 2. The zero-order valence-electron chi connectivity index (χ0n) is 24.0. The molecule has 0 saturated carbocycles. The smallest absolute Gasteiger partial charge is 0.264 e. The minimum Gasteiger partial charge on any atom is -0.495 e. The van der Waals surface area contributed by atoms with Gasteiger partial charge in [0, 0.05) is 12.6 Å². The SMILES string of the molecule is CC[C@H](C(=O)NC(C)C)N(Cc1cccc(C)c1)C(=O)CN(c1cc(C)ccc1OC)S(=O)(=O)c1ccccc1. The van der Waals surface area contributed by atoms with Crippen molar-refractivity contribution < 1.29 is 22.7 Å². The molecule has 0 saturated heterocycles. The van der Waals surface area contributed by atoms with Crippen molar-refractivity contribution in [2.75, 3.05) is 18.0 Å². The highest BCUT2D eigenvalue weighted by atomic mass is 32.2. The van der Waals surface area contributed by atoms with Crippen molar-refractivity contribution in [1.29, 1.82) is 0 Å². The summed E-state index contributed by atoms with van der Waals surface area (Å²) >= 11 is 0. The van der Waals surface area contributed by atoms with Crippen LogP contribution in [0.3, 0.4) is 0 Å². The Labute approximate surface area is 238 Å². The number of methoxy groups -OCH3 is 1. The van der Waals surface area contributed by atoms with E-state index in [4.69, 9.17) is 4.74 Å². The van der Waals surface area contributed by atoms with Crippen molar-refractivity contribution in [2.24, 2.45) is 0 Å². The lowest BCUT2D eigenvalue weighted by molar-refractivity contribution is -0.140. The predicted molar refractivity (Wildman–Crippen MR) is 158 cm³/mol. The fourth-order valence-electron chi connectivity index (χ4n) is 4.54. The minimum atomic E-state index is -4.18. The number of ether oxygens (including phenoxy) is 1. The average molecular weight is 566 g/mol. The number of hydrogen-bond acceptors (Lipinski definition) is 5. The summed E-state index contributed by atoms with van der Waals surface area (Å²) in [5.74, 6) is -0.479. The Bertz CT molecular complexity index is 1420. The Hall–Kier alpha value is -3.85. The van der Waals surface area contributed by atoms with Gasteiger partial charge in [0.2, 0.25) is 11.8 Å². The monoisotopic (exact) mass is 565 g/mol. The van der Waals surface area contributed by atoms with Crippen LogP contribution in [0, 0.1) is 13.8 Å². The van der Waals surface area contributed by atoms with E-state index in [2.05, 4.69) is 5.32 Å². The van der Waals surface area contributed by atoms with Gasteiger partial charge in [-0.3, -0.25) is 13.9 Å². The summed E-state index contributed by atoms with van der Waals surface area (Å²) in [7, 11) is -2.72. The summed E-state index contributed by atoms with van der Waals surface area (Å²) in [6, 6.07) is 19.9. The maximum atomic E-state index is 14.2. The Balaban J connectivity index is 2.12. The lowest BCUT2D eigenvalue weighted by Crippen LogP contribution is -2.53. The van der Waals surface area contributed by atoms with Crippen molar-refractivity contribution in [3.63, 3.8) is 0 Å². The molecule has 0 aliphatic carbocycles. The zero-order chi connectivity index (χ0) is 29.4. The molecule has 3 rings (SSSR count). The van der Waals surface area contributed by atoms with E-state index in [1.54, 1.807) is 30.3 Å². The second-order valence-electron chi connectivity index (χ2n) is 10.1. The summed E-state index contributed by atoms with van der Waals surface area (Å²) in [5.41, 5.74) is 2.91. The maximum Gasteiger partial charge on any atom is 0.264 e. The van der Waals surface area contributed by atoms with Gasteiger partial charge < -0.3 is 15.0 Å². The van der Waals surface area contributed by atoms with Gasteiger partial charge in [-0.15, -0.1) is 0 Å². The molecule has 2 amide bonds. The number of rotatable bonds is 12. The highest BCUT2D eigenvalue weighted by Gasteiger charge is 2.35. The van der Waals surface area contributed by atoms with Crippen LogP contribution >= 0.6 is 0 Å². The van der Waals surface area contributed by atoms with Gasteiger partial charge in [0.25, 0.3) is 10.0 Å². The molecule has 0 aromatic heterocycles. The van der Waals surface area contributed by atoms with Crippen LogP contribution < -0.4 is 14.4 Å². The van der Waals surface area contributed by atoms with Crippen LogP contribution in [0.4, 0.5) is 5.69 Å². The number of carbonyl (C=O) groups is 2. The van der Waals surface area contributed by atoms with Crippen molar-refractivity contribution in [2.45, 2.75) is 64.6 Å². The predicted octanol–water partition coefficient (Wildman–Crippen LogP) is 4.84. The van der Waals surface area contributed by atoms with Crippen molar-refractivity contribution in [3.05, 3.63) is 89.5 Å².